The number of hydrogen-bond donors (Lipinski definition) is 2. The molecule has 5 nitrogen and oxygen atoms in total. The molecule has 0 saturated heterocycles. The molecule has 0 aliphatic rings. The van der Waals surface area contributed by atoms with Crippen LogP contribution in [0, 0.1) is 18.3 Å². The Morgan fingerprint density at radius 1 is 1.16 bits per heavy atom. The standard InChI is InChI=1S/C14H15N3O2/c1-8-4-13(19-3)10(6-12(8)18-2)11-5-9(7-15)14(16)17-11/h4-6,17H,16H2,1-3H3. The normalized spacial score (nSPS) is 10.0. The van der Waals surface area contributed by atoms with Gasteiger partial charge in [0.05, 0.1) is 25.5 Å². The number of hydrogen-bond acceptors (Lipinski definition) is 4. The first-order chi connectivity index (χ1) is 9.10. The highest BCUT2D eigenvalue weighted by Gasteiger charge is 2.14. The highest BCUT2D eigenvalue weighted by Crippen LogP contribution is 2.36. The number of aromatic nitrogens is 1. The van der Waals surface area contributed by atoms with E-state index in [9.17, 15) is 0 Å². The number of aromatic amines is 1. The number of rotatable bonds is 3. The van der Waals surface area contributed by atoms with Gasteiger partial charge in [0.2, 0.25) is 0 Å². The molecular formula is C14H15N3O2. The summed E-state index contributed by atoms with van der Waals surface area (Å²) in [6.45, 7) is 1.94. The van der Waals surface area contributed by atoms with Gasteiger partial charge in [-0.15, -0.1) is 0 Å². The third kappa shape index (κ3) is 2.20. The van der Waals surface area contributed by atoms with E-state index in [1.807, 2.05) is 25.1 Å². The minimum atomic E-state index is 0.346. The molecule has 0 spiro atoms. The zero-order valence-corrected chi connectivity index (χ0v) is 11.1. The second-order valence-electron chi connectivity index (χ2n) is 4.14. The Balaban J connectivity index is 2.63. The minimum Gasteiger partial charge on any atom is -0.496 e. The van der Waals surface area contributed by atoms with Crippen LogP contribution < -0.4 is 15.2 Å². The molecule has 0 radical (unpaired) electrons. The number of benzene rings is 1. The van der Waals surface area contributed by atoms with Crippen molar-refractivity contribution in [2.45, 2.75) is 6.92 Å². The highest BCUT2D eigenvalue weighted by atomic mass is 16.5. The highest BCUT2D eigenvalue weighted by molar-refractivity contribution is 5.74. The molecule has 0 aliphatic heterocycles. The molecule has 19 heavy (non-hydrogen) atoms. The van der Waals surface area contributed by atoms with Gasteiger partial charge >= 0.3 is 0 Å². The summed E-state index contributed by atoms with van der Waals surface area (Å²) >= 11 is 0. The number of nitrogen functional groups attached to an aromatic ring is 1. The van der Waals surface area contributed by atoms with E-state index in [1.54, 1.807) is 20.3 Å². The molecule has 0 fully saturated rings. The van der Waals surface area contributed by atoms with Crippen molar-refractivity contribution in [2.24, 2.45) is 0 Å². The lowest BCUT2D eigenvalue weighted by Crippen LogP contribution is -1.93. The van der Waals surface area contributed by atoms with Crippen LogP contribution in [0.15, 0.2) is 18.2 Å². The van der Waals surface area contributed by atoms with Gasteiger partial charge in [0.1, 0.15) is 23.4 Å². The first-order valence-corrected chi connectivity index (χ1v) is 5.72. The smallest absolute Gasteiger partial charge is 0.128 e. The van der Waals surface area contributed by atoms with Crippen molar-refractivity contribution in [1.82, 2.24) is 4.98 Å². The lowest BCUT2D eigenvalue weighted by molar-refractivity contribution is 0.401. The van der Waals surface area contributed by atoms with E-state index in [-0.39, 0.29) is 0 Å². The number of nitrogens with one attached hydrogen (secondary N) is 1. The topological polar surface area (TPSA) is 84.1 Å². The monoisotopic (exact) mass is 257 g/mol. The molecular weight excluding hydrogens is 242 g/mol. The first-order valence-electron chi connectivity index (χ1n) is 5.72. The van der Waals surface area contributed by atoms with Crippen LogP contribution in [0.1, 0.15) is 11.1 Å². The predicted octanol–water partition coefficient (Wildman–Crippen LogP) is 2.46. The van der Waals surface area contributed by atoms with Crippen LogP contribution in [0.5, 0.6) is 11.5 Å². The zero-order chi connectivity index (χ0) is 14.0. The van der Waals surface area contributed by atoms with E-state index in [4.69, 9.17) is 20.5 Å². The molecule has 0 saturated carbocycles. The number of nitrogens with two attached hydrogens (primary N) is 1. The van der Waals surface area contributed by atoms with Crippen molar-refractivity contribution in [3.8, 4) is 28.8 Å². The van der Waals surface area contributed by atoms with E-state index in [0.29, 0.717) is 17.1 Å². The fourth-order valence-electron chi connectivity index (χ4n) is 1.97. The second kappa shape index (κ2) is 4.94. The molecule has 0 amide bonds. The maximum atomic E-state index is 8.94. The molecule has 0 aliphatic carbocycles. The van der Waals surface area contributed by atoms with Crippen LogP contribution in [0.25, 0.3) is 11.3 Å². The predicted molar refractivity (Wildman–Crippen MR) is 73.2 cm³/mol. The third-order valence-corrected chi connectivity index (χ3v) is 2.98. The van der Waals surface area contributed by atoms with Gasteiger partial charge < -0.3 is 20.2 Å². The number of nitrogens with zero attached hydrogens (tertiary/aromatic N) is 1. The lowest BCUT2D eigenvalue weighted by Gasteiger charge is -2.12. The van der Waals surface area contributed by atoms with Crippen molar-refractivity contribution in [3.05, 3.63) is 29.3 Å². The Morgan fingerprint density at radius 2 is 1.84 bits per heavy atom. The van der Waals surface area contributed by atoms with Crippen LogP contribution in [0.3, 0.4) is 0 Å². The summed E-state index contributed by atoms with van der Waals surface area (Å²) in [6.07, 6.45) is 0. The van der Waals surface area contributed by atoms with Gasteiger partial charge in [-0.05, 0) is 30.7 Å². The van der Waals surface area contributed by atoms with Gasteiger partial charge in [-0.2, -0.15) is 5.26 Å². The molecule has 5 heteroatoms. The Labute approximate surface area is 111 Å². The average molecular weight is 257 g/mol. The quantitative estimate of drug-likeness (QED) is 0.884. The van der Waals surface area contributed by atoms with Crippen molar-refractivity contribution in [1.29, 1.82) is 5.26 Å². The van der Waals surface area contributed by atoms with E-state index < -0.39 is 0 Å². The van der Waals surface area contributed by atoms with Gasteiger partial charge in [-0.25, -0.2) is 0 Å². The number of nitriles is 1. The van der Waals surface area contributed by atoms with Gasteiger partial charge in [0.15, 0.2) is 0 Å². The molecule has 1 heterocycles. The van der Waals surface area contributed by atoms with Gasteiger partial charge in [-0.1, -0.05) is 0 Å². The van der Waals surface area contributed by atoms with Crippen LogP contribution >= 0.6 is 0 Å². The molecule has 1 aromatic carbocycles. The van der Waals surface area contributed by atoms with Gasteiger partial charge in [0.25, 0.3) is 0 Å². The van der Waals surface area contributed by atoms with E-state index in [2.05, 4.69) is 4.98 Å². The summed E-state index contributed by atoms with van der Waals surface area (Å²) < 4.78 is 10.7. The van der Waals surface area contributed by atoms with Crippen molar-refractivity contribution in [2.75, 3.05) is 20.0 Å². The number of H-pyrrole nitrogens is 1. The summed E-state index contributed by atoms with van der Waals surface area (Å²) in [5.74, 6) is 1.80. The third-order valence-electron chi connectivity index (χ3n) is 2.98. The van der Waals surface area contributed by atoms with E-state index in [0.717, 1.165) is 22.6 Å². The number of anilines is 1. The summed E-state index contributed by atoms with van der Waals surface area (Å²) in [5.41, 5.74) is 8.65. The van der Waals surface area contributed by atoms with Gasteiger partial charge in [-0.3, -0.25) is 0 Å². The largest absolute Gasteiger partial charge is 0.496 e. The molecule has 0 bridgehead atoms. The zero-order valence-electron chi connectivity index (χ0n) is 11.1. The summed E-state index contributed by atoms with van der Waals surface area (Å²) in [7, 11) is 3.21. The average Bonchev–Trinajstić information content (AvgIpc) is 2.79. The molecule has 0 atom stereocenters. The Hall–Kier alpha value is -2.61. The molecule has 1 aromatic heterocycles. The summed E-state index contributed by atoms with van der Waals surface area (Å²) in [6, 6.07) is 7.48. The van der Waals surface area contributed by atoms with Crippen LogP contribution in [0.4, 0.5) is 5.82 Å². The number of methoxy groups -OCH3 is 2. The Morgan fingerprint density at radius 3 is 2.37 bits per heavy atom. The SMILES string of the molecule is COc1cc(-c2cc(C#N)c(N)[nH]2)c(OC)cc1C. The molecule has 3 N–H and O–H groups in total. The lowest BCUT2D eigenvalue weighted by atomic mass is 10.1. The van der Waals surface area contributed by atoms with Crippen molar-refractivity contribution in [3.63, 3.8) is 0 Å². The fourth-order valence-corrected chi connectivity index (χ4v) is 1.97. The van der Waals surface area contributed by atoms with Crippen LogP contribution in [-0.4, -0.2) is 19.2 Å². The fraction of sp³-hybridized carbons (Fsp3) is 0.214. The van der Waals surface area contributed by atoms with Crippen LogP contribution in [0.2, 0.25) is 0 Å². The van der Waals surface area contributed by atoms with Crippen molar-refractivity contribution >= 4 is 5.82 Å². The Bertz CT molecular complexity index is 653. The summed E-state index contributed by atoms with van der Waals surface area (Å²) in [4.78, 5) is 2.98. The summed E-state index contributed by atoms with van der Waals surface area (Å²) in [5, 5.41) is 8.94. The minimum absolute atomic E-state index is 0.346. The first kappa shape index (κ1) is 12.8. The molecule has 0 unspecified atom stereocenters. The molecule has 2 aromatic rings. The second-order valence-corrected chi connectivity index (χ2v) is 4.14. The van der Waals surface area contributed by atoms with Crippen LogP contribution in [-0.2, 0) is 0 Å². The van der Waals surface area contributed by atoms with Crippen molar-refractivity contribution < 1.29 is 9.47 Å². The molecule has 2 rings (SSSR count). The number of ether oxygens (including phenoxy) is 2. The maximum absolute atomic E-state index is 8.94. The van der Waals surface area contributed by atoms with Gasteiger partial charge in [0, 0.05) is 5.56 Å². The number of aryl methyl sites for hydroxylation is 1. The van der Waals surface area contributed by atoms with E-state index in [1.165, 1.54) is 0 Å². The van der Waals surface area contributed by atoms with E-state index >= 15 is 0 Å². The molecule has 98 valence electrons. The maximum Gasteiger partial charge on any atom is 0.128 e. The Kier molecular flexibility index (Phi) is 3.34.